The number of ether oxygens (including phenoxy) is 1. The van der Waals surface area contributed by atoms with Crippen LogP contribution in [0.15, 0.2) is 34.5 Å². The van der Waals surface area contributed by atoms with E-state index in [4.69, 9.17) is 4.74 Å². The monoisotopic (exact) mass is 313 g/mol. The van der Waals surface area contributed by atoms with Gasteiger partial charge in [0.2, 0.25) is 0 Å². The predicted octanol–water partition coefficient (Wildman–Crippen LogP) is 2.36. The summed E-state index contributed by atoms with van der Waals surface area (Å²) in [5.74, 6) is 0.444. The van der Waals surface area contributed by atoms with Gasteiger partial charge in [0.25, 0.3) is 10.0 Å². The van der Waals surface area contributed by atoms with E-state index in [0.29, 0.717) is 16.3 Å². The molecule has 0 aliphatic carbocycles. The van der Waals surface area contributed by atoms with Gasteiger partial charge in [0.1, 0.15) is 10.6 Å². The highest BCUT2D eigenvalue weighted by Gasteiger charge is 2.21. The molecule has 2 aromatic rings. The van der Waals surface area contributed by atoms with Gasteiger partial charge in [-0.05, 0) is 36.1 Å². The van der Waals surface area contributed by atoms with Crippen LogP contribution in [0.25, 0.3) is 0 Å². The molecule has 0 fully saturated rings. The van der Waals surface area contributed by atoms with E-state index >= 15 is 0 Å². The zero-order chi connectivity index (χ0) is 14.8. The molecule has 0 aliphatic rings. The molecule has 1 aromatic carbocycles. The van der Waals surface area contributed by atoms with Crippen LogP contribution in [-0.4, -0.2) is 20.6 Å². The van der Waals surface area contributed by atoms with Gasteiger partial charge in [0, 0.05) is 0 Å². The maximum atomic E-state index is 12.4. The van der Waals surface area contributed by atoms with E-state index in [2.05, 4.69) is 4.72 Å². The number of hydrogen-bond donors (Lipinski definition) is 2. The molecule has 0 radical (unpaired) electrons. The molecule has 20 heavy (non-hydrogen) atoms. The summed E-state index contributed by atoms with van der Waals surface area (Å²) in [6, 6.07) is 6.70. The van der Waals surface area contributed by atoms with Gasteiger partial charge in [0.05, 0.1) is 24.3 Å². The molecule has 108 valence electrons. The van der Waals surface area contributed by atoms with Crippen molar-refractivity contribution in [2.75, 3.05) is 11.8 Å². The van der Waals surface area contributed by atoms with Gasteiger partial charge in [-0.2, -0.15) is 0 Å². The molecular formula is C13H15NO4S2. The standard InChI is InChI=1S/C13H15NO4S2/c1-9-3-4-11(18-2)10(7-9)14-20(16,17)13-5-6-19-12(13)8-15/h3-7,14-15H,8H2,1-2H3. The minimum absolute atomic E-state index is 0.0913. The molecule has 2 N–H and O–H groups in total. The molecule has 0 aliphatic heterocycles. The summed E-state index contributed by atoms with van der Waals surface area (Å²) >= 11 is 1.20. The smallest absolute Gasteiger partial charge is 0.263 e. The van der Waals surface area contributed by atoms with Crippen LogP contribution in [0.5, 0.6) is 5.75 Å². The molecule has 0 unspecified atom stereocenters. The Kier molecular flexibility index (Phi) is 4.32. The Morgan fingerprint density at radius 2 is 2.10 bits per heavy atom. The maximum absolute atomic E-state index is 12.4. The van der Waals surface area contributed by atoms with Gasteiger partial charge < -0.3 is 9.84 Å². The van der Waals surface area contributed by atoms with Crippen LogP contribution < -0.4 is 9.46 Å². The summed E-state index contributed by atoms with van der Waals surface area (Å²) in [6.07, 6.45) is 0. The third-order valence-electron chi connectivity index (χ3n) is 2.74. The van der Waals surface area contributed by atoms with Gasteiger partial charge in [0.15, 0.2) is 0 Å². The number of aliphatic hydroxyl groups excluding tert-OH is 1. The number of nitrogens with one attached hydrogen (secondary N) is 1. The van der Waals surface area contributed by atoms with E-state index in [9.17, 15) is 13.5 Å². The molecule has 0 saturated heterocycles. The average Bonchev–Trinajstić information content (AvgIpc) is 2.87. The first-order valence-corrected chi connectivity index (χ1v) is 8.19. The fraction of sp³-hybridized carbons (Fsp3) is 0.231. The van der Waals surface area contributed by atoms with Crippen molar-refractivity contribution in [3.05, 3.63) is 40.1 Å². The van der Waals surface area contributed by atoms with Crippen molar-refractivity contribution in [1.82, 2.24) is 0 Å². The van der Waals surface area contributed by atoms with E-state index in [0.717, 1.165) is 5.56 Å². The fourth-order valence-electron chi connectivity index (χ4n) is 1.78. The van der Waals surface area contributed by atoms with E-state index in [1.165, 1.54) is 24.5 Å². The van der Waals surface area contributed by atoms with Gasteiger partial charge in [-0.15, -0.1) is 11.3 Å². The van der Waals surface area contributed by atoms with Crippen LogP contribution >= 0.6 is 11.3 Å². The van der Waals surface area contributed by atoms with Gasteiger partial charge >= 0.3 is 0 Å². The fourth-order valence-corrected chi connectivity index (χ4v) is 4.14. The van der Waals surface area contributed by atoms with Crippen molar-refractivity contribution < 1.29 is 18.3 Å². The van der Waals surface area contributed by atoms with Crippen molar-refractivity contribution >= 4 is 27.0 Å². The van der Waals surface area contributed by atoms with Gasteiger partial charge in [-0.3, -0.25) is 4.72 Å². The van der Waals surface area contributed by atoms with E-state index in [1.807, 2.05) is 13.0 Å². The quantitative estimate of drug-likeness (QED) is 0.888. The van der Waals surface area contributed by atoms with Crippen LogP contribution in [0.3, 0.4) is 0 Å². The minimum Gasteiger partial charge on any atom is -0.495 e. The molecule has 5 nitrogen and oxygen atoms in total. The molecule has 0 amide bonds. The predicted molar refractivity (Wildman–Crippen MR) is 78.8 cm³/mol. The minimum atomic E-state index is -3.74. The lowest BCUT2D eigenvalue weighted by molar-refractivity contribution is 0.282. The van der Waals surface area contributed by atoms with Crippen LogP contribution in [0.1, 0.15) is 10.4 Å². The van der Waals surface area contributed by atoms with Gasteiger partial charge in [-0.1, -0.05) is 6.07 Å². The number of methoxy groups -OCH3 is 1. The van der Waals surface area contributed by atoms with Crippen LogP contribution in [0, 0.1) is 6.92 Å². The van der Waals surface area contributed by atoms with Crippen molar-refractivity contribution in [2.24, 2.45) is 0 Å². The molecule has 1 heterocycles. The number of thiophene rings is 1. The summed E-state index contributed by atoms with van der Waals surface area (Å²) in [5.41, 5.74) is 1.29. The lowest BCUT2D eigenvalue weighted by Crippen LogP contribution is -2.14. The number of benzene rings is 1. The summed E-state index contributed by atoms with van der Waals surface area (Å²) in [6.45, 7) is 1.56. The van der Waals surface area contributed by atoms with E-state index in [-0.39, 0.29) is 11.5 Å². The van der Waals surface area contributed by atoms with E-state index < -0.39 is 10.0 Å². The third-order valence-corrected chi connectivity index (χ3v) is 5.22. The zero-order valence-corrected chi connectivity index (χ0v) is 12.7. The van der Waals surface area contributed by atoms with Crippen molar-refractivity contribution in [3.8, 4) is 5.75 Å². The molecule has 0 atom stereocenters. The van der Waals surface area contributed by atoms with Crippen molar-refractivity contribution in [2.45, 2.75) is 18.4 Å². The second-order valence-corrected chi connectivity index (χ2v) is 6.83. The Morgan fingerprint density at radius 3 is 2.75 bits per heavy atom. The third kappa shape index (κ3) is 2.95. The van der Waals surface area contributed by atoms with Gasteiger partial charge in [-0.25, -0.2) is 8.42 Å². The Balaban J connectivity index is 2.41. The topological polar surface area (TPSA) is 75.6 Å². The Labute approximate surface area is 121 Å². The number of hydrogen-bond acceptors (Lipinski definition) is 5. The summed E-state index contributed by atoms with van der Waals surface area (Å²) in [5, 5.41) is 10.8. The van der Waals surface area contributed by atoms with E-state index in [1.54, 1.807) is 17.5 Å². The molecular weight excluding hydrogens is 298 g/mol. The molecule has 1 aromatic heterocycles. The highest BCUT2D eigenvalue weighted by atomic mass is 32.2. The number of anilines is 1. The zero-order valence-electron chi connectivity index (χ0n) is 11.1. The second-order valence-electron chi connectivity index (χ2n) is 4.18. The molecule has 2 rings (SSSR count). The largest absolute Gasteiger partial charge is 0.495 e. The van der Waals surface area contributed by atoms with Crippen LogP contribution in [0.2, 0.25) is 0 Å². The molecule has 0 bridgehead atoms. The summed E-state index contributed by atoms with van der Waals surface area (Å²) in [7, 11) is -2.26. The normalized spacial score (nSPS) is 11.3. The number of aliphatic hydroxyl groups is 1. The Bertz CT molecular complexity index is 707. The first-order valence-electron chi connectivity index (χ1n) is 5.82. The first-order chi connectivity index (χ1) is 9.47. The lowest BCUT2D eigenvalue weighted by Gasteiger charge is -2.12. The number of sulfonamides is 1. The molecule has 0 saturated carbocycles. The Hall–Kier alpha value is -1.57. The highest BCUT2D eigenvalue weighted by Crippen LogP contribution is 2.30. The lowest BCUT2D eigenvalue weighted by atomic mass is 10.2. The SMILES string of the molecule is COc1ccc(C)cc1NS(=O)(=O)c1ccsc1CO. The molecule has 0 spiro atoms. The highest BCUT2D eigenvalue weighted by molar-refractivity contribution is 7.93. The average molecular weight is 313 g/mol. The van der Waals surface area contributed by atoms with Crippen LogP contribution in [0.4, 0.5) is 5.69 Å². The first kappa shape index (κ1) is 14.8. The van der Waals surface area contributed by atoms with Crippen LogP contribution in [-0.2, 0) is 16.6 Å². The summed E-state index contributed by atoms with van der Waals surface area (Å²) < 4.78 is 32.3. The summed E-state index contributed by atoms with van der Waals surface area (Å²) in [4.78, 5) is 0.498. The number of aryl methyl sites for hydroxylation is 1. The maximum Gasteiger partial charge on any atom is 0.263 e. The van der Waals surface area contributed by atoms with Crippen molar-refractivity contribution in [1.29, 1.82) is 0 Å². The van der Waals surface area contributed by atoms with Crippen molar-refractivity contribution in [3.63, 3.8) is 0 Å². The second kappa shape index (κ2) is 5.82. The number of rotatable bonds is 5. The molecule has 7 heteroatoms. The Morgan fingerprint density at radius 1 is 1.35 bits per heavy atom.